The van der Waals surface area contributed by atoms with Crippen molar-refractivity contribution in [2.75, 3.05) is 26.3 Å². The number of rotatable bonds is 4. The average molecular weight is 515 g/mol. The van der Waals surface area contributed by atoms with Gasteiger partial charge in [0.05, 0.1) is 23.4 Å². The second-order valence-electron chi connectivity index (χ2n) is 6.44. The first kappa shape index (κ1) is 20.7. The summed E-state index contributed by atoms with van der Waals surface area (Å²) in [5, 5.41) is 1.58. The molecule has 1 unspecified atom stereocenters. The number of hydrogen-bond acceptors (Lipinski definition) is 5. The Hall–Kier alpha value is -0.990. The highest BCUT2D eigenvalue weighted by Crippen LogP contribution is 2.40. The van der Waals surface area contributed by atoms with E-state index in [0.29, 0.717) is 11.1 Å². The van der Waals surface area contributed by atoms with Crippen molar-refractivity contribution < 1.29 is 9.15 Å². The number of halogens is 2. The molecular formula is C20H21Br2NO3S. The monoisotopic (exact) mass is 513 g/mol. The van der Waals surface area contributed by atoms with Crippen LogP contribution in [0.25, 0.3) is 21.2 Å². The summed E-state index contributed by atoms with van der Waals surface area (Å²) in [5.74, 6) is 0.688. The van der Waals surface area contributed by atoms with Crippen molar-refractivity contribution in [2.24, 2.45) is 0 Å². The third kappa shape index (κ3) is 4.38. The summed E-state index contributed by atoms with van der Waals surface area (Å²) in [5.41, 5.74) is 0.735. The van der Waals surface area contributed by atoms with Crippen LogP contribution in [0.5, 0.6) is 0 Å². The summed E-state index contributed by atoms with van der Waals surface area (Å²) in [4.78, 5) is 17.2. The largest absolute Gasteiger partial charge is 0.426 e. The number of thiophene rings is 1. The van der Waals surface area contributed by atoms with Crippen molar-refractivity contribution in [2.45, 2.75) is 18.3 Å². The molecule has 144 valence electrons. The topological polar surface area (TPSA) is 42.7 Å². The molecule has 3 heterocycles. The van der Waals surface area contributed by atoms with E-state index in [4.69, 9.17) is 9.15 Å². The van der Waals surface area contributed by atoms with Crippen LogP contribution in [0.15, 0.2) is 45.6 Å². The third-order valence-electron chi connectivity index (χ3n) is 4.62. The smallest absolute Gasteiger partial charge is 0.343 e. The lowest BCUT2D eigenvalue weighted by Gasteiger charge is -2.25. The van der Waals surface area contributed by atoms with E-state index in [-0.39, 0.29) is 27.4 Å². The Bertz CT molecular complexity index is 977. The van der Waals surface area contributed by atoms with Gasteiger partial charge in [0, 0.05) is 40.3 Å². The Kier molecular flexibility index (Phi) is 6.92. The van der Waals surface area contributed by atoms with Crippen molar-refractivity contribution in [3.05, 3.63) is 57.5 Å². The molecule has 27 heavy (non-hydrogen) atoms. The Morgan fingerprint density at radius 2 is 1.85 bits per heavy atom. The number of fused-ring (bicyclic) bond motifs is 1. The van der Waals surface area contributed by atoms with Crippen LogP contribution in [0, 0.1) is 0 Å². The highest BCUT2D eigenvalue weighted by Gasteiger charge is 2.20. The summed E-state index contributed by atoms with van der Waals surface area (Å²) < 4.78 is 11.1. The lowest BCUT2D eigenvalue weighted by atomic mass is 10.0. The fraction of sp³-hybridized carbons (Fsp3) is 0.350. The van der Waals surface area contributed by atoms with Crippen molar-refractivity contribution in [1.82, 2.24) is 4.90 Å². The van der Waals surface area contributed by atoms with E-state index >= 15 is 0 Å². The first-order valence-electron chi connectivity index (χ1n) is 8.72. The van der Waals surface area contributed by atoms with E-state index in [1.807, 2.05) is 31.2 Å². The molecule has 0 N–H and O–H groups in total. The van der Waals surface area contributed by atoms with Crippen LogP contribution in [-0.2, 0) is 11.3 Å². The second kappa shape index (κ2) is 9.01. The zero-order valence-electron chi connectivity index (χ0n) is 14.9. The van der Waals surface area contributed by atoms with Crippen LogP contribution in [0.4, 0.5) is 0 Å². The molecule has 1 aliphatic rings. The number of hydrogen-bond donors (Lipinski definition) is 0. The predicted octanol–water partition coefficient (Wildman–Crippen LogP) is 5.39. The second-order valence-corrected chi connectivity index (χ2v) is 8.99. The minimum absolute atomic E-state index is 0. The Morgan fingerprint density at radius 3 is 2.56 bits per heavy atom. The van der Waals surface area contributed by atoms with Crippen LogP contribution in [0.1, 0.15) is 22.4 Å². The Balaban J connectivity index is 0.00000210. The van der Waals surface area contributed by atoms with Gasteiger partial charge in [-0.15, -0.1) is 28.3 Å². The van der Waals surface area contributed by atoms with Gasteiger partial charge in [-0.3, -0.25) is 4.90 Å². The van der Waals surface area contributed by atoms with Crippen LogP contribution >= 0.6 is 44.2 Å². The standard InChI is InChI=1S/C20H20BrNO3S.BrH/c1-13(21)19-18(15-4-2-3-5-16(15)20(23)25-19)17-7-6-14(26-17)12-22-8-10-24-11-9-22;/h2-7,13H,8-12H2,1H3;1H. The fourth-order valence-electron chi connectivity index (χ4n) is 3.33. The maximum atomic E-state index is 12.4. The van der Waals surface area contributed by atoms with Crippen molar-refractivity contribution in [1.29, 1.82) is 0 Å². The van der Waals surface area contributed by atoms with Crippen LogP contribution in [-0.4, -0.2) is 31.2 Å². The van der Waals surface area contributed by atoms with Gasteiger partial charge in [-0.25, -0.2) is 4.79 Å². The van der Waals surface area contributed by atoms with Crippen LogP contribution < -0.4 is 5.63 Å². The normalized spacial score (nSPS) is 16.2. The van der Waals surface area contributed by atoms with E-state index in [1.165, 1.54) is 4.88 Å². The summed E-state index contributed by atoms with van der Waals surface area (Å²) >= 11 is 5.35. The van der Waals surface area contributed by atoms with Gasteiger partial charge < -0.3 is 9.15 Å². The minimum Gasteiger partial charge on any atom is -0.426 e. The molecule has 0 aliphatic carbocycles. The van der Waals surface area contributed by atoms with Gasteiger partial charge >= 0.3 is 5.63 Å². The summed E-state index contributed by atoms with van der Waals surface area (Å²) in [6.45, 7) is 6.47. The lowest BCUT2D eigenvalue weighted by molar-refractivity contribution is 0.0346. The molecule has 0 bridgehead atoms. The molecule has 1 aliphatic heterocycles. The first-order chi connectivity index (χ1) is 12.6. The fourth-order valence-corrected chi connectivity index (χ4v) is 4.77. The number of nitrogens with zero attached hydrogens (tertiary/aromatic N) is 1. The van der Waals surface area contributed by atoms with Gasteiger partial charge in [0.15, 0.2) is 0 Å². The zero-order chi connectivity index (χ0) is 18.1. The van der Waals surface area contributed by atoms with Gasteiger partial charge in [-0.05, 0) is 25.1 Å². The van der Waals surface area contributed by atoms with E-state index < -0.39 is 0 Å². The summed E-state index contributed by atoms with van der Waals surface area (Å²) in [7, 11) is 0. The highest BCUT2D eigenvalue weighted by molar-refractivity contribution is 9.09. The third-order valence-corrected chi connectivity index (χ3v) is 6.12. The van der Waals surface area contributed by atoms with E-state index in [2.05, 4.69) is 33.0 Å². The zero-order valence-corrected chi connectivity index (χ0v) is 19.1. The quantitative estimate of drug-likeness (QED) is 0.438. The highest BCUT2D eigenvalue weighted by atomic mass is 79.9. The van der Waals surface area contributed by atoms with Crippen LogP contribution in [0.3, 0.4) is 0 Å². The van der Waals surface area contributed by atoms with Crippen molar-refractivity contribution in [3.8, 4) is 10.4 Å². The van der Waals surface area contributed by atoms with Crippen molar-refractivity contribution in [3.63, 3.8) is 0 Å². The molecule has 3 aromatic rings. The molecule has 4 nitrogen and oxygen atoms in total. The number of morpholine rings is 1. The van der Waals surface area contributed by atoms with Gasteiger partial charge in [0.1, 0.15) is 5.76 Å². The van der Waals surface area contributed by atoms with Crippen molar-refractivity contribution >= 4 is 55.0 Å². The Morgan fingerprint density at radius 1 is 1.15 bits per heavy atom. The minimum atomic E-state index is -0.282. The van der Waals surface area contributed by atoms with Crippen LogP contribution in [0.2, 0.25) is 0 Å². The number of ether oxygens (including phenoxy) is 1. The van der Waals surface area contributed by atoms with E-state index in [9.17, 15) is 4.79 Å². The van der Waals surface area contributed by atoms with Gasteiger partial charge in [-0.2, -0.15) is 0 Å². The molecule has 0 saturated carbocycles. The summed E-state index contributed by atoms with van der Waals surface area (Å²) in [6.07, 6.45) is 0. The molecule has 1 aromatic carbocycles. The maximum absolute atomic E-state index is 12.4. The molecule has 1 fully saturated rings. The van der Waals surface area contributed by atoms with E-state index in [1.54, 1.807) is 11.3 Å². The SMILES string of the molecule is Br.CC(Br)c1oc(=O)c2ccccc2c1-c1ccc(CN2CCOCC2)s1. The molecule has 2 aromatic heterocycles. The van der Waals surface area contributed by atoms with Gasteiger partial charge in [0.2, 0.25) is 0 Å². The molecule has 1 saturated heterocycles. The number of alkyl halides is 1. The first-order valence-corrected chi connectivity index (χ1v) is 10.5. The molecule has 0 amide bonds. The predicted molar refractivity (Wildman–Crippen MR) is 120 cm³/mol. The lowest BCUT2D eigenvalue weighted by Crippen LogP contribution is -2.35. The number of benzene rings is 1. The van der Waals surface area contributed by atoms with Gasteiger partial charge in [0.25, 0.3) is 0 Å². The van der Waals surface area contributed by atoms with Gasteiger partial charge in [-0.1, -0.05) is 34.1 Å². The average Bonchev–Trinajstić information content (AvgIpc) is 3.10. The maximum Gasteiger partial charge on any atom is 0.343 e. The molecule has 0 spiro atoms. The summed E-state index contributed by atoms with van der Waals surface area (Å²) in [6, 6.07) is 12.0. The molecule has 1 atom stereocenters. The molecular weight excluding hydrogens is 494 g/mol. The van der Waals surface area contributed by atoms with E-state index in [0.717, 1.165) is 48.7 Å². The Labute approximate surface area is 181 Å². The molecule has 7 heteroatoms. The molecule has 4 rings (SSSR count). The molecule has 0 radical (unpaired) electrons.